The molecule has 170 valence electrons. The standard InChI is InChI=1S/C24H17ClFN5O2S/c1-32-20-5-3-2-4-19(20)23-28-29-24(31(23)18-12-8-16(25)9-13-18)34-14-21-27-22(30-33-21)15-6-10-17(26)11-7-15/h2-13H,14H2,1H3. The lowest BCUT2D eigenvalue weighted by Crippen LogP contribution is -2.01. The smallest absolute Gasteiger partial charge is 0.237 e. The summed E-state index contributed by atoms with van der Waals surface area (Å²) in [5.74, 6) is 2.15. The van der Waals surface area contributed by atoms with Crippen LogP contribution in [0.15, 0.2) is 82.5 Å². The highest BCUT2D eigenvalue weighted by atomic mass is 35.5. The number of hydrogen-bond acceptors (Lipinski definition) is 7. The number of thioether (sulfide) groups is 1. The van der Waals surface area contributed by atoms with Gasteiger partial charge in [0, 0.05) is 16.3 Å². The van der Waals surface area contributed by atoms with E-state index in [0.717, 1.165) is 11.3 Å². The van der Waals surface area contributed by atoms with Gasteiger partial charge in [-0.3, -0.25) is 4.57 Å². The van der Waals surface area contributed by atoms with Crippen molar-refractivity contribution in [3.8, 4) is 34.2 Å². The van der Waals surface area contributed by atoms with Gasteiger partial charge >= 0.3 is 0 Å². The SMILES string of the molecule is COc1ccccc1-c1nnc(SCc2nc(-c3ccc(F)cc3)no2)n1-c1ccc(Cl)cc1. The highest BCUT2D eigenvalue weighted by Crippen LogP contribution is 2.34. The first-order valence-electron chi connectivity index (χ1n) is 10.2. The molecule has 0 bridgehead atoms. The van der Waals surface area contributed by atoms with Gasteiger partial charge in [0.1, 0.15) is 11.6 Å². The molecule has 0 aliphatic heterocycles. The average Bonchev–Trinajstić information content (AvgIpc) is 3.51. The lowest BCUT2D eigenvalue weighted by atomic mass is 10.2. The van der Waals surface area contributed by atoms with Crippen LogP contribution in [0.3, 0.4) is 0 Å². The van der Waals surface area contributed by atoms with E-state index < -0.39 is 0 Å². The zero-order valence-electron chi connectivity index (χ0n) is 17.9. The average molecular weight is 494 g/mol. The van der Waals surface area contributed by atoms with Crippen LogP contribution < -0.4 is 4.74 Å². The summed E-state index contributed by atoms with van der Waals surface area (Å²) >= 11 is 7.50. The van der Waals surface area contributed by atoms with Crippen LogP contribution >= 0.6 is 23.4 Å². The molecule has 0 spiro atoms. The lowest BCUT2D eigenvalue weighted by molar-refractivity contribution is 0.391. The molecule has 5 rings (SSSR count). The molecule has 0 N–H and O–H groups in total. The third kappa shape index (κ3) is 4.52. The van der Waals surface area contributed by atoms with E-state index in [-0.39, 0.29) is 5.82 Å². The Morgan fingerprint density at radius 2 is 1.76 bits per heavy atom. The predicted octanol–water partition coefficient (Wildman–Crippen LogP) is 6.08. The van der Waals surface area contributed by atoms with Gasteiger partial charge in [-0.2, -0.15) is 4.98 Å². The third-order valence-corrected chi connectivity index (χ3v) is 6.13. The summed E-state index contributed by atoms with van der Waals surface area (Å²) in [4.78, 5) is 4.42. The van der Waals surface area contributed by atoms with Crippen molar-refractivity contribution in [1.82, 2.24) is 24.9 Å². The van der Waals surface area contributed by atoms with Crippen molar-refractivity contribution in [1.29, 1.82) is 0 Å². The number of aromatic nitrogens is 5. The molecule has 0 aliphatic rings. The molecule has 10 heteroatoms. The second-order valence-electron chi connectivity index (χ2n) is 7.13. The summed E-state index contributed by atoms with van der Waals surface area (Å²) < 4.78 is 26.0. The number of ether oxygens (including phenoxy) is 1. The summed E-state index contributed by atoms with van der Waals surface area (Å²) in [7, 11) is 1.62. The minimum Gasteiger partial charge on any atom is -0.496 e. The summed E-state index contributed by atoms with van der Waals surface area (Å²) in [5, 5.41) is 14.1. The van der Waals surface area contributed by atoms with E-state index >= 15 is 0 Å². The van der Waals surface area contributed by atoms with E-state index in [0.29, 0.717) is 44.8 Å². The van der Waals surface area contributed by atoms with E-state index in [4.69, 9.17) is 20.9 Å². The lowest BCUT2D eigenvalue weighted by Gasteiger charge is -2.12. The third-order valence-electron chi connectivity index (χ3n) is 4.96. The molecule has 0 amide bonds. The Morgan fingerprint density at radius 3 is 2.53 bits per heavy atom. The van der Waals surface area contributed by atoms with Gasteiger partial charge in [0.15, 0.2) is 11.0 Å². The fourth-order valence-electron chi connectivity index (χ4n) is 3.35. The normalized spacial score (nSPS) is 11.0. The fourth-order valence-corrected chi connectivity index (χ4v) is 4.26. The number of rotatable bonds is 7. The van der Waals surface area contributed by atoms with Crippen LogP contribution in [0.25, 0.3) is 28.5 Å². The number of halogens is 2. The Morgan fingerprint density at radius 1 is 1.00 bits per heavy atom. The summed E-state index contributed by atoms with van der Waals surface area (Å²) in [6.45, 7) is 0. The summed E-state index contributed by atoms with van der Waals surface area (Å²) in [6, 6.07) is 21.0. The molecule has 2 aromatic heterocycles. The Labute approximate surface area is 203 Å². The highest BCUT2D eigenvalue weighted by molar-refractivity contribution is 7.98. The Kier molecular flexibility index (Phi) is 6.29. The molecule has 7 nitrogen and oxygen atoms in total. The van der Waals surface area contributed by atoms with E-state index in [1.165, 1.54) is 23.9 Å². The van der Waals surface area contributed by atoms with Crippen molar-refractivity contribution in [2.75, 3.05) is 7.11 Å². The van der Waals surface area contributed by atoms with Crippen LogP contribution in [0.1, 0.15) is 5.89 Å². The number of methoxy groups -OCH3 is 1. The molecule has 0 saturated heterocycles. The van der Waals surface area contributed by atoms with Gasteiger partial charge in [0.25, 0.3) is 0 Å². The minimum absolute atomic E-state index is 0.324. The summed E-state index contributed by atoms with van der Waals surface area (Å²) in [6.07, 6.45) is 0. The predicted molar refractivity (Wildman–Crippen MR) is 128 cm³/mol. The number of para-hydroxylation sites is 1. The van der Waals surface area contributed by atoms with Crippen LogP contribution in [0.2, 0.25) is 5.02 Å². The maximum Gasteiger partial charge on any atom is 0.237 e. The van der Waals surface area contributed by atoms with Crippen LogP contribution in [0.4, 0.5) is 4.39 Å². The van der Waals surface area contributed by atoms with Crippen molar-refractivity contribution in [2.45, 2.75) is 10.9 Å². The van der Waals surface area contributed by atoms with E-state index in [1.807, 2.05) is 53.1 Å². The molecule has 0 unspecified atom stereocenters. The number of hydrogen-bond donors (Lipinski definition) is 0. The minimum atomic E-state index is -0.324. The molecule has 0 atom stereocenters. The molecule has 2 heterocycles. The molecular weight excluding hydrogens is 477 g/mol. The van der Waals surface area contributed by atoms with Gasteiger partial charge in [-0.05, 0) is 60.7 Å². The number of benzene rings is 3. The molecule has 0 aliphatic carbocycles. The van der Waals surface area contributed by atoms with Crippen molar-refractivity contribution in [3.63, 3.8) is 0 Å². The topological polar surface area (TPSA) is 78.9 Å². The fraction of sp³-hybridized carbons (Fsp3) is 0.0833. The highest BCUT2D eigenvalue weighted by Gasteiger charge is 2.20. The van der Waals surface area contributed by atoms with Crippen LogP contribution in [0.5, 0.6) is 5.75 Å². The van der Waals surface area contributed by atoms with Gasteiger partial charge in [-0.25, -0.2) is 4.39 Å². The van der Waals surface area contributed by atoms with Gasteiger partial charge in [-0.15, -0.1) is 10.2 Å². The van der Waals surface area contributed by atoms with E-state index in [1.54, 1.807) is 19.2 Å². The Bertz CT molecular complexity index is 1420. The largest absolute Gasteiger partial charge is 0.496 e. The molecule has 0 saturated carbocycles. The maximum atomic E-state index is 13.2. The first-order chi connectivity index (χ1) is 16.6. The van der Waals surface area contributed by atoms with Crippen molar-refractivity contribution >= 4 is 23.4 Å². The molecule has 0 radical (unpaired) electrons. The van der Waals surface area contributed by atoms with Gasteiger partial charge in [-0.1, -0.05) is 40.7 Å². The van der Waals surface area contributed by atoms with Gasteiger partial charge in [0.05, 0.1) is 18.4 Å². The molecule has 5 aromatic rings. The Balaban J connectivity index is 1.47. The van der Waals surface area contributed by atoms with Crippen molar-refractivity contribution in [3.05, 3.63) is 89.5 Å². The van der Waals surface area contributed by atoms with E-state index in [2.05, 4.69) is 20.3 Å². The van der Waals surface area contributed by atoms with Crippen LogP contribution in [0, 0.1) is 5.82 Å². The maximum absolute atomic E-state index is 13.2. The summed E-state index contributed by atoms with van der Waals surface area (Å²) in [5.41, 5.74) is 2.32. The van der Waals surface area contributed by atoms with Crippen LogP contribution in [-0.4, -0.2) is 32.0 Å². The first kappa shape index (κ1) is 22.1. The number of nitrogens with zero attached hydrogens (tertiary/aromatic N) is 5. The zero-order chi connectivity index (χ0) is 23.5. The quantitative estimate of drug-likeness (QED) is 0.254. The molecule has 0 fully saturated rings. The van der Waals surface area contributed by atoms with Crippen molar-refractivity contribution < 1.29 is 13.7 Å². The van der Waals surface area contributed by atoms with Gasteiger partial charge < -0.3 is 9.26 Å². The second kappa shape index (κ2) is 9.66. The molecular formula is C24H17ClFN5O2S. The van der Waals surface area contributed by atoms with Crippen LogP contribution in [-0.2, 0) is 5.75 Å². The first-order valence-corrected chi connectivity index (χ1v) is 11.5. The second-order valence-corrected chi connectivity index (χ2v) is 8.50. The zero-order valence-corrected chi connectivity index (χ0v) is 19.4. The van der Waals surface area contributed by atoms with Gasteiger partial charge in [0.2, 0.25) is 11.7 Å². The molecule has 3 aromatic carbocycles. The van der Waals surface area contributed by atoms with E-state index in [9.17, 15) is 4.39 Å². The monoisotopic (exact) mass is 493 g/mol. The Hall–Kier alpha value is -3.69. The molecule has 34 heavy (non-hydrogen) atoms. The van der Waals surface area contributed by atoms with Crippen molar-refractivity contribution in [2.24, 2.45) is 0 Å².